The van der Waals surface area contributed by atoms with E-state index in [0.717, 1.165) is 0 Å². The van der Waals surface area contributed by atoms with Crippen LogP contribution in [0.5, 0.6) is 0 Å². The molecular weight excluding hydrogens is 188 g/mol. The SMILES string of the molecule is O.O=C(O)CNCC(=O)O.[NaH].[NaH]. The van der Waals surface area contributed by atoms with Gasteiger partial charge in [-0.05, 0) is 0 Å². The molecule has 0 heterocycles. The Kier molecular flexibility index (Phi) is 27.6. The average molecular weight is 199 g/mol. The Morgan fingerprint density at radius 3 is 1.42 bits per heavy atom. The molecule has 0 unspecified atom stereocenters. The number of carboxylic acids is 2. The molecule has 0 aromatic carbocycles. The number of hydrogen-bond donors (Lipinski definition) is 3. The molecule has 0 spiro atoms. The van der Waals surface area contributed by atoms with E-state index < -0.39 is 11.9 Å². The summed E-state index contributed by atoms with van der Waals surface area (Å²) in [4.78, 5) is 19.5. The third kappa shape index (κ3) is 22.4. The first-order valence-electron chi connectivity index (χ1n) is 2.27. The van der Waals surface area contributed by atoms with E-state index in [2.05, 4.69) is 5.32 Å². The number of rotatable bonds is 4. The van der Waals surface area contributed by atoms with Gasteiger partial charge in [0.25, 0.3) is 0 Å². The molecule has 0 saturated heterocycles. The van der Waals surface area contributed by atoms with Gasteiger partial charge in [0.2, 0.25) is 0 Å². The van der Waals surface area contributed by atoms with E-state index in [-0.39, 0.29) is 77.7 Å². The Balaban J connectivity index is -0.000000107. The molecule has 0 aromatic heterocycles. The summed E-state index contributed by atoms with van der Waals surface area (Å²) < 4.78 is 0. The molecule has 0 aliphatic rings. The molecule has 64 valence electrons. The summed E-state index contributed by atoms with van der Waals surface area (Å²) >= 11 is 0. The van der Waals surface area contributed by atoms with Crippen molar-refractivity contribution in [3.05, 3.63) is 0 Å². The maximum absolute atomic E-state index is 9.73. The van der Waals surface area contributed by atoms with Crippen LogP contribution in [0.1, 0.15) is 0 Å². The van der Waals surface area contributed by atoms with Crippen LogP contribution in [-0.4, -0.2) is 99.8 Å². The molecule has 0 amide bonds. The molecule has 0 aromatic rings. The molecule has 0 aliphatic carbocycles. The number of hydrogen-bond acceptors (Lipinski definition) is 3. The minimum atomic E-state index is -1.06. The minimum absolute atomic E-state index is 0. The number of aliphatic carboxylic acids is 2. The van der Waals surface area contributed by atoms with Crippen molar-refractivity contribution in [1.29, 1.82) is 0 Å². The first-order valence-corrected chi connectivity index (χ1v) is 2.27. The maximum atomic E-state index is 9.73. The van der Waals surface area contributed by atoms with Crippen molar-refractivity contribution in [2.24, 2.45) is 0 Å². The monoisotopic (exact) mass is 199 g/mol. The van der Waals surface area contributed by atoms with Crippen LogP contribution in [0, 0.1) is 0 Å². The number of carbonyl (C=O) groups is 2. The summed E-state index contributed by atoms with van der Waals surface area (Å²) in [7, 11) is 0. The van der Waals surface area contributed by atoms with Gasteiger partial charge >= 0.3 is 71.1 Å². The Labute approximate surface area is 114 Å². The standard InChI is InChI=1S/C4H7NO4.2Na.H2O.2H/c6-3(7)1-5-2-4(8)9;;;;;/h5H,1-2H2,(H,6,7)(H,8,9);;;1H2;;. The molecule has 0 atom stereocenters. The van der Waals surface area contributed by atoms with E-state index in [1.165, 1.54) is 0 Å². The summed E-state index contributed by atoms with van der Waals surface area (Å²) in [5, 5.41) is 18.1. The van der Waals surface area contributed by atoms with Crippen LogP contribution in [0.25, 0.3) is 0 Å². The van der Waals surface area contributed by atoms with Crippen molar-refractivity contribution in [3.63, 3.8) is 0 Å². The summed E-state index contributed by atoms with van der Waals surface area (Å²) in [6, 6.07) is 0. The molecule has 0 radical (unpaired) electrons. The molecular formula is C4H11NNa2O5. The van der Waals surface area contributed by atoms with Crippen molar-refractivity contribution >= 4 is 71.1 Å². The molecule has 12 heavy (non-hydrogen) atoms. The second-order valence-electron chi connectivity index (χ2n) is 1.39. The molecule has 0 rings (SSSR count). The van der Waals surface area contributed by atoms with Gasteiger partial charge in [-0.1, -0.05) is 0 Å². The zero-order valence-electron chi connectivity index (χ0n) is 5.13. The second-order valence-corrected chi connectivity index (χ2v) is 1.39. The first-order chi connectivity index (χ1) is 4.13. The molecule has 8 heteroatoms. The van der Waals surface area contributed by atoms with Gasteiger partial charge in [-0.15, -0.1) is 0 Å². The van der Waals surface area contributed by atoms with Gasteiger partial charge in [0.15, 0.2) is 0 Å². The molecule has 0 saturated carbocycles. The van der Waals surface area contributed by atoms with Crippen LogP contribution in [-0.2, 0) is 9.59 Å². The van der Waals surface area contributed by atoms with E-state index >= 15 is 0 Å². The van der Waals surface area contributed by atoms with Gasteiger partial charge in [-0.2, -0.15) is 0 Å². The third-order valence-corrected chi connectivity index (χ3v) is 0.552. The van der Waals surface area contributed by atoms with E-state index in [0.29, 0.717) is 0 Å². The van der Waals surface area contributed by atoms with Gasteiger partial charge in [0, 0.05) is 0 Å². The molecule has 5 N–H and O–H groups in total. The van der Waals surface area contributed by atoms with Gasteiger partial charge in [0.1, 0.15) is 0 Å². The van der Waals surface area contributed by atoms with Crippen molar-refractivity contribution < 1.29 is 25.3 Å². The van der Waals surface area contributed by atoms with E-state index in [9.17, 15) is 9.59 Å². The van der Waals surface area contributed by atoms with Gasteiger partial charge < -0.3 is 15.7 Å². The topological polar surface area (TPSA) is 118 Å². The van der Waals surface area contributed by atoms with Crippen LogP contribution in [0.4, 0.5) is 0 Å². The Hall–Kier alpha value is 0.860. The normalized spacial score (nSPS) is 6.67. The molecule has 0 fully saturated rings. The number of carboxylic acid groups (broad SMARTS) is 2. The number of nitrogens with one attached hydrogen (secondary N) is 1. The van der Waals surface area contributed by atoms with Gasteiger partial charge in [-0.25, -0.2) is 0 Å². The third-order valence-electron chi connectivity index (χ3n) is 0.552. The fraction of sp³-hybridized carbons (Fsp3) is 0.500. The second kappa shape index (κ2) is 14.4. The fourth-order valence-corrected chi connectivity index (χ4v) is 0.276. The van der Waals surface area contributed by atoms with Crippen LogP contribution in [0.15, 0.2) is 0 Å². The molecule has 6 nitrogen and oxygen atoms in total. The average Bonchev–Trinajstić information content (AvgIpc) is 1.63. The Bertz CT molecular complexity index is 117. The summed E-state index contributed by atoms with van der Waals surface area (Å²) in [6.07, 6.45) is 0. The summed E-state index contributed by atoms with van der Waals surface area (Å²) in [5.74, 6) is -2.12. The zero-order chi connectivity index (χ0) is 7.28. The van der Waals surface area contributed by atoms with Crippen LogP contribution in [0.2, 0.25) is 0 Å². The zero-order valence-corrected chi connectivity index (χ0v) is 5.13. The molecule has 0 bridgehead atoms. The summed E-state index contributed by atoms with van der Waals surface area (Å²) in [6.45, 7) is -0.626. The van der Waals surface area contributed by atoms with Crippen molar-refractivity contribution in [3.8, 4) is 0 Å². The van der Waals surface area contributed by atoms with E-state index in [1.54, 1.807) is 0 Å². The van der Waals surface area contributed by atoms with Crippen LogP contribution in [0.3, 0.4) is 0 Å². The Morgan fingerprint density at radius 1 is 1.00 bits per heavy atom. The van der Waals surface area contributed by atoms with Crippen molar-refractivity contribution in [2.45, 2.75) is 0 Å². The van der Waals surface area contributed by atoms with Crippen LogP contribution < -0.4 is 5.32 Å². The predicted molar refractivity (Wildman–Crippen MR) is 46.1 cm³/mol. The summed E-state index contributed by atoms with van der Waals surface area (Å²) in [5.41, 5.74) is 0. The van der Waals surface area contributed by atoms with E-state index in [1.807, 2.05) is 0 Å². The van der Waals surface area contributed by atoms with E-state index in [4.69, 9.17) is 10.2 Å². The fourth-order valence-electron chi connectivity index (χ4n) is 0.276. The Morgan fingerprint density at radius 2 is 1.25 bits per heavy atom. The first kappa shape index (κ1) is 23.0. The van der Waals surface area contributed by atoms with Gasteiger partial charge in [0.05, 0.1) is 13.1 Å². The quantitative estimate of drug-likeness (QED) is 0.408. The van der Waals surface area contributed by atoms with Crippen molar-refractivity contribution in [1.82, 2.24) is 5.32 Å². The van der Waals surface area contributed by atoms with Crippen LogP contribution >= 0.6 is 0 Å². The van der Waals surface area contributed by atoms with Gasteiger partial charge in [-0.3, -0.25) is 14.9 Å². The van der Waals surface area contributed by atoms with Crippen molar-refractivity contribution in [2.75, 3.05) is 13.1 Å². The predicted octanol–water partition coefficient (Wildman–Crippen LogP) is -3.38. The molecule has 0 aliphatic heterocycles.